The first kappa shape index (κ1) is 26.0. The Morgan fingerprint density at radius 1 is 1.12 bits per heavy atom. The van der Waals surface area contributed by atoms with Crippen molar-refractivity contribution in [3.63, 3.8) is 0 Å². The number of anilines is 1. The summed E-state index contributed by atoms with van der Waals surface area (Å²) in [6.45, 7) is 9.05. The predicted octanol–water partition coefficient (Wildman–Crippen LogP) is 0.00870. The van der Waals surface area contributed by atoms with Crippen LogP contribution in [0.25, 0.3) is 11.2 Å². The lowest BCUT2D eigenvalue weighted by molar-refractivity contribution is -0.218. The number of nitrogen functional groups attached to an aromatic ring is 1. The zero-order chi connectivity index (χ0) is 25.9. The van der Waals surface area contributed by atoms with Crippen LogP contribution in [0.5, 0.6) is 0 Å². The minimum absolute atomic E-state index is 0.0240. The van der Waals surface area contributed by atoms with E-state index in [0.29, 0.717) is 0 Å². The molecular formula is C20H28ClN5O8. The van der Waals surface area contributed by atoms with E-state index < -0.39 is 52.2 Å². The number of aromatic nitrogens is 4. The van der Waals surface area contributed by atoms with Gasteiger partial charge < -0.3 is 35.3 Å². The predicted molar refractivity (Wildman–Crippen MR) is 117 cm³/mol. The first-order chi connectivity index (χ1) is 15.4. The van der Waals surface area contributed by atoms with Crippen molar-refractivity contribution in [2.75, 3.05) is 5.73 Å². The second-order valence-corrected chi connectivity index (χ2v) is 10.5. The van der Waals surface area contributed by atoms with Crippen molar-refractivity contribution in [2.45, 2.75) is 81.8 Å². The van der Waals surface area contributed by atoms with Gasteiger partial charge in [-0.15, -0.1) is 0 Å². The van der Waals surface area contributed by atoms with Crippen LogP contribution < -0.4 is 5.73 Å². The van der Waals surface area contributed by atoms with Gasteiger partial charge in [-0.05, 0) is 41.5 Å². The zero-order valence-electron chi connectivity index (χ0n) is 19.5. The number of ether oxygens (including phenoxy) is 3. The lowest BCUT2D eigenvalue weighted by atomic mass is 9.90. The van der Waals surface area contributed by atoms with Crippen molar-refractivity contribution in [1.82, 2.24) is 19.5 Å². The molecule has 3 heterocycles. The molecule has 1 aliphatic rings. The van der Waals surface area contributed by atoms with Gasteiger partial charge in [0, 0.05) is 0 Å². The zero-order valence-corrected chi connectivity index (χ0v) is 20.3. The second-order valence-electron chi connectivity index (χ2n) is 9.93. The minimum atomic E-state index is -3.21. The number of halogens is 1. The number of nitrogens with two attached hydrogens (primary N) is 1. The summed E-state index contributed by atoms with van der Waals surface area (Å²) in [5.41, 5.74) is 0.518. The Hall–Kier alpha value is -2.58. The number of aliphatic hydroxyl groups excluding tert-OH is 1. The van der Waals surface area contributed by atoms with Crippen LogP contribution in [0.1, 0.15) is 47.8 Å². The van der Waals surface area contributed by atoms with E-state index in [-0.39, 0.29) is 17.0 Å². The number of carbonyl (C=O) groups excluding carboxylic acids is 2. The number of esters is 2. The number of rotatable bonds is 4. The van der Waals surface area contributed by atoms with E-state index >= 15 is 0 Å². The van der Waals surface area contributed by atoms with Gasteiger partial charge in [-0.1, -0.05) is 11.6 Å². The number of nitrogens with zero attached hydrogens (tertiary/aromatic N) is 4. The highest BCUT2D eigenvalue weighted by molar-refractivity contribution is 6.23. The third kappa shape index (κ3) is 4.53. The van der Waals surface area contributed by atoms with Crippen molar-refractivity contribution in [2.24, 2.45) is 0 Å². The summed E-state index contributed by atoms with van der Waals surface area (Å²) < 4.78 is 17.2. The molecule has 0 unspecified atom stereocenters. The third-order valence-electron chi connectivity index (χ3n) is 4.80. The highest BCUT2D eigenvalue weighted by Crippen LogP contribution is 2.46. The van der Waals surface area contributed by atoms with Gasteiger partial charge in [-0.25, -0.2) is 24.5 Å². The Morgan fingerprint density at radius 2 is 1.65 bits per heavy atom. The quantitative estimate of drug-likeness (QED) is 0.249. The van der Waals surface area contributed by atoms with Crippen LogP contribution in [0, 0.1) is 0 Å². The van der Waals surface area contributed by atoms with Crippen molar-refractivity contribution < 1.29 is 39.1 Å². The second kappa shape index (κ2) is 8.27. The molecule has 1 aliphatic heterocycles. The Kier molecular flexibility index (Phi) is 6.33. The average Bonchev–Trinajstić information content (AvgIpc) is 3.18. The molecule has 2 aromatic rings. The molecule has 0 saturated carbocycles. The first-order valence-electron chi connectivity index (χ1n) is 10.3. The molecule has 0 aliphatic carbocycles. The van der Waals surface area contributed by atoms with E-state index in [0.717, 1.165) is 17.2 Å². The Bertz CT molecular complexity index is 1080. The average molecular weight is 502 g/mol. The molecule has 4 atom stereocenters. The van der Waals surface area contributed by atoms with E-state index in [1.54, 1.807) is 0 Å². The van der Waals surface area contributed by atoms with Crippen LogP contribution in [0.3, 0.4) is 0 Å². The number of hydrogen-bond acceptors (Lipinski definition) is 12. The standard InChI is InChI=1S/C20H28ClN5O8/c1-17(2,3)33-15(28)19(30,16(29)34-18(4,5)6)11-10(27)20(21,31)14(32-11)26-8-25-9-12(22)23-7-24-13(9)26/h7-8,10-11,14,27,30-31H,1-6H3,(H2,22,23,24)/t10-,11+,14-,20-/m1/s1. The molecule has 0 amide bonds. The van der Waals surface area contributed by atoms with Gasteiger partial charge in [0.15, 0.2) is 17.7 Å². The minimum Gasteiger partial charge on any atom is -0.457 e. The fraction of sp³-hybridized carbons (Fsp3) is 0.650. The molecule has 5 N–H and O–H groups in total. The van der Waals surface area contributed by atoms with Crippen LogP contribution in [-0.4, -0.2) is 80.8 Å². The van der Waals surface area contributed by atoms with E-state index in [4.69, 9.17) is 31.5 Å². The number of fused-ring (bicyclic) bond motifs is 1. The summed E-state index contributed by atoms with van der Waals surface area (Å²) in [5, 5.41) is 30.5. The molecule has 14 heteroatoms. The molecule has 2 aromatic heterocycles. The first-order valence-corrected chi connectivity index (χ1v) is 10.6. The number of carbonyl (C=O) groups is 2. The molecule has 0 bridgehead atoms. The Balaban J connectivity index is 2.10. The maximum absolute atomic E-state index is 13.1. The van der Waals surface area contributed by atoms with Crippen LogP contribution >= 0.6 is 11.6 Å². The van der Waals surface area contributed by atoms with Gasteiger partial charge in [0.05, 0.1) is 6.33 Å². The number of imidazole rings is 1. The molecule has 1 saturated heterocycles. The van der Waals surface area contributed by atoms with Crippen molar-refractivity contribution in [3.8, 4) is 0 Å². The van der Waals surface area contributed by atoms with Crippen molar-refractivity contribution >= 4 is 40.5 Å². The van der Waals surface area contributed by atoms with Gasteiger partial charge in [0.25, 0.3) is 5.60 Å². The number of alkyl halides is 1. The van der Waals surface area contributed by atoms with Crippen molar-refractivity contribution in [3.05, 3.63) is 12.7 Å². The fourth-order valence-electron chi connectivity index (χ4n) is 3.32. The summed E-state index contributed by atoms with van der Waals surface area (Å²) in [7, 11) is 0. The Morgan fingerprint density at radius 3 is 2.15 bits per heavy atom. The summed E-state index contributed by atoms with van der Waals surface area (Å²) >= 11 is 6.23. The van der Waals surface area contributed by atoms with E-state index in [1.165, 1.54) is 41.5 Å². The summed E-state index contributed by atoms with van der Waals surface area (Å²) in [6, 6.07) is 0. The van der Waals surface area contributed by atoms with Crippen molar-refractivity contribution in [1.29, 1.82) is 0 Å². The Labute approximate surface area is 199 Å². The molecule has 188 valence electrons. The van der Waals surface area contributed by atoms with Crippen LogP contribution in [0.15, 0.2) is 12.7 Å². The third-order valence-corrected chi connectivity index (χ3v) is 5.21. The molecule has 13 nitrogen and oxygen atoms in total. The monoisotopic (exact) mass is 501 g/mol. The normalized spacial score (nSPS) is 26.0. The topological polar surface area (TPSA) is 192 Å². The molecule has 0 spiro atoms. The highest BCUT2D eigenvalue weighted by atomic mass is 35.5. The van der Waals surface area contributed by atoms with Gasteiger partial charge in [-0.2, -0.15) is 0 Å². The number of aliphatic hydroxyl groups is 3. The molecule has 1 fully saturated rings. The van der Waals surface area contributed by atoms with Crippen LogP contribution in [0.2, 0.25) is 0 Å². The highest BCUT2D eigenvalue weighted by Gasteiger charge is 2.68. The molecular weight excluding hydrogens is 474 g/mol. The van der Waals surface area contributed by atoms with Gasteiger partial charge >= 0.3 is 11.9 Å². The number of hydrogen-bond donors (Lipinski definition) is 4. The summed E-state index contributed by atoms with van der Waals surface area (Å²) in [4.78, 5) is 38.0. The smallest absolute Gasteiger partial charge is 0.353 e. The molecule has 0 aromatic carbocycles. The molecule has 3 rings (SSSR count). The van der Waals surface area contributed by atoms with Gasteiger partial charge in [0.1, 0.15) is 35.3 Å². The largest absolute Gasteiger partial charge is 0.457 e. The summed E-state index contributed by atoms with van der Waals surface area (Å²) in [6.07, 6.45) is -3.68. The van der Waals surface area contributed by atoms with Gasteiger partial charge in [-0.3, -0.25) is 4.57 Å². The van der Waals surface area contributed by atoms with E-state index in [9.17, 15) is 24.9 Å². The maximum atomic E-state index is 13.1. The molecule has 34 heavy (non-hydrogen) atoms. The summed E-state index contributed by atoms with van der Waals surface area (Å²) in [5.74, 6) is -2.90. The lowest BCUT2D eigenvalue weighted by Gasteiger charge is -2.35. The lowest BCUT2D eigenvalue weighted by Crippen LogP contribution is -2.63. The maximum Gasteiger partial charge on any atom is 0.353 e. The SMILES string of the molecule is CC(C)(C)OC(=O)C(O)(C(=O)OC(C)(C)C)[C@H]1O[C@@H](n2cnc3c(N)ncnc32)[C@@](O)(Cl)[C@@H]1O. The molecule has 0 radical (unpaired) electrons. The van der Waals surface area contributed by atoms with Gasteiger partial charge in [0.2, 0.25) is 5.06 Å². The van der Waals surface area contributed by atoms with E-state index in [1.807, 2.05) is 0 Å². The van der Waals surface area contributed by atoms with E-state index in [2.05, 4.69) is 15.0 Å². The van der Waals surface area contributed by atoms with Crippen LogP contribution in [0.4, 0.5) is 5.82 Å². The fourth-order valence-corrected chi connectivity index (χ4v) is 3.59. The van der Waals surface area contributed by atoms with Crippen LogP contribution in [-0.2, 0) is 23.8 Å².